The minimum absolute atomic E-state index is 0.361. The van der Waals surface area contributed by atoms with Crippen molar-refractivity contribution >= 4 is 29.3 Å². The van der Waals surface area contributed by atoms with E-state index in [2.05, 4.69) is 5.32 Å². The zero-order chi connectivity index (χ0) is 17.9. The summed E-state index contributed by atoms with van der Waals surface area (Å²) in [4.78, 5) is 24.5. The first-order valence-electron chi connectivity index (χ1n) is 7.75. The van der Waals surface area contributed by atoms with Crippen LogP contribution in [0.2, 0.25) is 0 Å². The van der Waals surface area contributed by atoms with E-state index in [1.54, 1.807) is 23.6 Å². The largest absolute Gasteiger partial charge is 0.492 e. The number of carbonyl (C=O) groups excluding carboxylic acids is 2. The quantitative estimate of drug-likeness (QED) is 0.441. The number of ether oxygens (including phenoxy) is 2. The molecule has 0 radical (unpaired) electrons. The Morgan fingerprint density at radius 1 is 1.08 bits per heavy atom. The highest BCUT2D eigenvalue weighted by Gasteiger charge is 2.09. The average Bonchev–Trinajstić information content (AvgIpc) is 2.63. The van der Waals surface area contributed by atoms with Gasteiger partial charge in [0.15, 0.2) is 6.61 Å². The fraction of sp³-hybridized carbons (Fsp3) is 0.158. The molecule has 2 aromatic carbocycles. The molecule has 0 saturated carbocycles. The molecule has 0 heterocycles. The summed E-state index contributed by atoms with van der Waals surface area (Å²) in [5, 5.41) is 4.29. The zero-order valence-electron chi connectivity index (χ0n) is 13.8. The highest BCUT2D eigenvalue weighted by atomic mass is 32.2. The van der Waals surface area contributed by atoms with Crippen molar-refractivity contribution in [2.75, 3.05) is 18.5 Å². The second-order valence-corrected chi connectivity index (χ2v) is 5.80. The van der Waals surface area contributed by atoms with Crippen LogP contribution in [-0.4, -0.2) is 25.1 Å². The summed E-state index contributed by atoms with van der Waals surface area (Å²) in [5.74, 6) is -0.426. The van der Waals surface area contributed by atoms with E-state index in [1.807, 2.05) is 43.3 Å². The molecular weight excluding hydrogens is 338 g/mol. The van der Waals surface area contributed by atoms with E-state index < -0.39 is 11.9 Å². The van der Waals surface area contributed by atoms with Crippen LogP contribution in [0.3, 0.4) is 0 Å². The number of hydrogen-bond acceptors (Lipinski definition) is 5. The van der Waals surface area contributed by atoms with Gasteiger partial charge in [-0.2, -0.15) is 0 Å². The molecule has 0 bridgehead atoms. The molecule has 2 rings (SSSR count). The number of esters is 1. The smallest absolute Gasteiger partial charge is 0.331 e. The maximum Gasteiger partial charge on any atom is 0.331 e. The second kappa shape index (κ2) is 10.2. The fourth-order valence-electron chi connectivity index (χ4n) is 1.89. The molecule has 0 saturated heterocycles. The molecule has 0 unspecified atom stereocenters. The normalized spacial score (nSPS) is 10.4. The lowest BCUT2D eigenvalue weighted by Gasteiger charge is -2.11. The zero-order valence-corrected chi connectivity index (χ0v) is 14.6. The molecule has 0 aromatic heterocycles. The number of anilines is 1. The number of carbonyl (C=O) groups is 2. The summed E-state index contributed by atoms with van der Waals surface area (Å²) in [6.07, 6.45) is 1.29. The van der Waals surface area contributed by atoms with Crippen molar-refractivity contribution in [1.82, 2.24) is 0 Å². The standard InChI is InChI=1S/C19H19NO4S/c1-2-23-17-11-7-6-10-16(17)20-18(21)14-24-19(22)12-13-25-15-8-4-3-5-9-15/h3-13H,2,14H2,1H3,(H,20,21)/b13-12+. The Bertz CT molecular complexity index is 731. The molecule has 1 N–H and O–H groups in total. The summed E-state index contributed by atoms with van der Waals surface area (Å²) in [6, 6.07) is 16.7. The molecule has 0 aliphatic heterocycles. The average molecular weight is 357 g/mol. The Labute approximate surface area is 151 Å². The van der Waals surface area contributed by atoms with E-state index in [0.29, 0.717) is 18.0 Å². The molecule has 25 heavy (non-hydrogen) atoms. The van der Waals surface area contributed by atoms with Gasteiger partial charge >= 0.3 is 5.97 Å². The van der Waals surface area contributed by atoms with E-state index in [-0.39, 0.29) is 6.61 Å². The summed E-state index contributed by atoms with van der Waals surface area (Å²) in [7, 11) is 0. The van der Waals surface area contributed by atoms with Gasteiger partial charge in [-0.25, -0.2) is 4.79 Å². The van der Waals surface area contributed by atoms with Gasteiger partial charge in [-0.05, 0) is 36.6 Å². The molecule has 0 atom stereocenters. The first kappa shape index (κ1) is 18.6. The molecule has 5 nitrogen and oxygen atoms in total. The first-order valence-corrected chi connectivity index (χ1v) is 8.63. The first-order chi connectivity index (χ1) is 12.2. The number of amides is 1. The van der Waals surface area contributed by atoms with Gasteiger partial charge in [0.25, 0.3) is 5.91 Å². The fourth-order valence-corrected chi connectivity index (χ4v) is 2.54. The summed E-state index contributed by atoms with van der Waals surface area (Å²) < 4.78 is 10.3. The van der Waals surface area contributed by atoms with Crippen LogP contribution in [0, 0.1) is 0 Å². The number of benzene rings is 2. The van der Waals surface area contributed by atoms with Crippen LogP contribution in [0.25, 0.3) is 0 Å². The lowest BCUT2D eigenvalue weighted by atomic mass is 10.3. The molecule has 0 fully saturated rings. The summed E-state index contributed by atoms with van der Waals surface area (Å²) in [5.41, 5.74) is 0.542. The minimum atomic E-state index is -0.573. The maximum absolute atomic E-state index is 11.9. The molecule has 2 aromatic rings. The third-order valence-electron chi connectivity index (χ3n) is 2.96. The number of thioether (sulfide) groups is 1. The highest BCUT2D eigenvalue weighted by molar-refractivity contribution is 8.02. The van der Waals surface area contributed by atoms with E-state index in [0.717, 1.165) is 4.90 Å². The Kier molecular flexibility index (Phi) is 7.59. The predicted octanol–water partition coefficient (Wildman–Crippen LogP) is 3.87. The molecular formula is C19H19NO4S. The van der Waals surface area contributed by atoms with Crippen molar-refractivity contribution in [3.8, 4) is 5.75 Å². The number of rotatable bonds is 8. The SMILES string of the molecule is CCOc1ccccc1NC(=O)COC(=O)/C=C/Sc1ccccc1. The van der Waals surface area contributed by atoms with Crippen LogP contribution in [0.1, 0.15) is 6.92 Å². The predicted molar refractivity (Wildman–Crippen MR) is 98.6 cm³/mol. The second-order valence-electron chi connectivity index (χ2n) is 4.82. The van der Waals surface area contributed by atoms with Crippen LogP contribution in [0.5, 0.6) is 5.75 Å². The van der Waals surface area contributed by atoms with Gasteiger partial charge in [-0.3, -0.25) is 4.79 Å². The van der Waals surface area contributed by atoms with Crippen LogP contribution in [-0.2, 0) is 14.3 Å². The van der Waals surface area contributed by atoms with Gasteiger partial charge in [0.05, 0.1) is 12.3 Å². The summed E-state index contributed by atoms with van der Waals surface area (Å²) in [6.45, 7) is 1.99. The maximum atomic E-state index is 11.9. The van der Waals surface area contributed by atoms with Gasteiger partial charge in [0.2, 0.25) is 0 Å². The molecule has 130 valence electrons. The van der Waals surface area contributed by atoms with Gasteiger partial charge in [-0.1, -0.05) is 42.1 Å². The number of hydrogen-bond donors (Lipinski definition) is 1. The Balaban J connectivity index is 1.77. The van der Waals surface area contributed by atoms with Crippen LogP contribution >= 0.6 is 11.8 Å². The van der Waals surface area contributed by atoms with E-state index in [1.165, 1.54) is 17.8 Å². The molecule has 0 aliphatic carbocycles. The van der Waals surface area contributed by atoms with E-state index >= 15 is 0 Å². The molecule has 0 aliphatic rings. The van der Waals surface area contributed by atoms with Crippen molar-refractivity contribution in [3.63, 3.8) is 0 Å². The number of para-hydroxylation sites is 2. The van der Waals surface area contributed by atoms with Gasteiger partial charge < -0.3 is 14.8 Å². The molecule has 0 spiro atoms. The van der Waals surface area contributed by atoms with Gasteiger partial charge in [0, 0.05) is 11.0 Å². The highest BCUT2D eigenvalue weighted by Crippen LogP contribution is 2.23. The topological polar surface area (TPSA) is 64.6 Å². The van der Waals surface area contributed by atoms with Crippen LogP contribution in [0.15, 0.2) is 71.0 Å². The van der Waals surface area contributed by atoms with E-state index in [9.17, 15) is 9.59 Å². The summed E-state index contributed by atoms with van der Waals surface area (Å²) >= 11 is 1.39. The third kappa shape index (κ3) is 6.73. The third-order valence-corrected chi connectivity index (χ3v) is 3.77. The van der Waals surface area contributed by atoms with E-state index in [4.69, 9.17) is 9.47 Å². The van der Waals surface area contributed by atoms with Gasteiger partial charge in [0.1, 0.15) is 5.75 Å². The van der Waals surface area contributed by atoms with Crippen molar-refractivity contribution in [2.24, 2.45) is 0 Å². The lowest BCUT2D eigenvalue weighted by Crippen LogP contribution is -2.20. The number of nitrogens with one attached hydrogen (secondary N) is 1. The lowest BCUT2D eigenvalue weighted by molar-refractivity contribution is -0.142. The van der Waals surface area contributed by atoms with Gasteiger partial charge in [-0.15, -0.1) is 0 Å². The van der Waals surface area contributed by atoms with Crippen molar-refractivity contribution in [2.45, 2.75) is 11.8 Å². The Hall–Kier alpha value is -2.73. The van der Waals surface area contributed by atoms with Crippen molar-refractivity contribution in [1.29, 1.82) is 0 Å². The molecule has 1 amide bonds. The minimum Gasteiger partial charge on any atom is -0.492 e. The van der Waals surface area contributed by atoms with Crippen LogP contribution in [0.4, 0.5) is 5.69 Å². The van der Waals surface area contributed by atoms with Crippen molar-refractivity contribution < 1.29 is 19.1 Å². The molecule has 6 heteroatoms. The van der Waals surface area contributed by atoms with Crippen LogP contribution < -0.4 is 10.1 Å². The Morgan fingerprint density at radius 3 is 2.56 bits per heavy atom. The Morgan fingerprint density at radius 2 is 1.80 bits per heavy atom. The van der Waals surface area contributed by atoms with Crippen molar-refractivity contribution in [3.05, 3.63) is 66.1 Å². The monoisotopic (exact) mass is 357 g/mol.